The van der Waals surface area contributed by atoms with Crippen LogP contribution < -0.4 is 14.4 Å². The highest BCUT2D eigenvalue weighted by Gasteiger charge is 2.45. The summed E-state index contributed by atoms with van der Waals surface area (Å²) in [6.45, 7) is 45.2. The summed E-state index contributed by atoms with van der Waals surface area (Å²) in [4.78, 5) is 5.25. The number of benzene rings is 5. The molecule has 5 heteroatoms. The van der Waals surface area contributed by atoms with E-state index in [0.29, 0.717) is 13.2 Å². The van der Waals surface area contributed by atoms with Crippen LogP contribution in [-0.4, -0.2) is 36.6 Å². The fourth-order valence-electron chi connectivity index (χ4n) is 12.2. The summed E-state index contributed by atoms with van der Waals surface area (Å²) in [5, 5.41) is 0. The molecule has 3 aliphatic rings. The van der Waals surface area contributed by atoms with Gasteiger partial charge in [-0.25, -0.2) is 0 Å². The fourth-order valence-corrected chi connectivity index (χ4v) is 13.3. The lowest BCUT2D eigenvalue weighted by atomic mass is 9.76. The van der Waals surface area contributed by atoms with E-state index in [1.807, 2.05) is 11.8 Å². The van der Waals surface area contributed by atoms with Crippen molar-refractivity contribution in [2.75, 3.05) is 31.2 Å². The number of hydrogen-bond donors (Lipinski definition) is 0. The monoisotopic (exact) mass is 1110 g/mol. The van der Waals surface area contributed by atoms with Gasteiger partial charge in [0.2, 0.25) is 5.69 Å². The largest absolute Gasteiger partial charge is 0.493 e. The van der Waals surface area contributed by atoms with Gasteiger partial charge in [-0.1, -0.05) is 193 Å². The third-order valence-corrected chi connectivity index (χ3v) is 20.7. The van der Waals surface area contributed by atoms with Gasteiger partial charge in [0.1, 0.15) is 11.5 Å². The Morgan fingerprint density at radius 2 is 1.14 bits per heavy atom. The minimum atomic E-state index is -0.176. The van der Waals surface area contributed by atoms with E-state index in [1.165, 1.54) is 88.2 Å². The Labute approximate surface area is 496 Å². The van der Waals surface area contributed by atoms with E-state index in [1.54, 1.807) is 0 Å². The Hall–Kier alpha value is -5.52. The van der Waals surface area contributed by atoms with Crippen LogP contribution in [0.3, 0.4) is 0 Å². The summed E-state index contributed by atoms with van der Waals surface area (Å²) >= 11 is 1.93. The molecule has 0 atom stereocenters. The molecule has 2 aliphatic heterocycles. The number of rotatable bonds is 23. The maximum atomic E-state index is 6.81. The first-order valence-corrected chi connectivity index (χ1v) is 31.9. The zero-order chi connectivity index (χ0) is 58.7. The van der Waals surface area contributed by atoms with Crippen molar-refractivity contribution in [2.24, 2.45) is 0 Å². The van der Waals surface area contributed by atoms with Crippen LogP contribution in [0.15, 0.2) is 154 Å². The van der Waals surface area contributed by atoms with Crippen molar-refractivity contribution < 1.29 is 14.0 Å². The van der Waals surface area contributed by atoms with Gasteiger partial charge < -0.3 is 14.4 Å². The predicted molar refractivity (Wildman–Crippen MR) is 350 cm³/mol. The first-order valence-electron chi connectivity index (χ1n) is 31.1. The standard InChI is InChI=1S/C76H101N2O2S/c1-19-71(7,8)57-37-41-66(62(51-57)73(11,12)21-3)79-47-27-45-77-64-39-33-53(5)49-60(64)75(15,16)68(77)43-35-55-29-26-30-56(70(55)81-59-31-24-23-25-32-59)36-44-69-76(17,18)61-50-54(6)34-40-65(61)78(69)46-28-48-80-67-42-38-58(72(9,10)20-2)52-63(67)74(13,14)22-4/h23-25,31-44,49-52H,19-22,26-30,45-48H2,1-18H3/q+1. The Morgan fingerprint density at radius 3 is 1.72 bits per heavy atom. The van der Waals surface area contributed by atoms with Crippen molar-refractivity contribution in [2.45, 2.75) is 220 Å². The van der Waals surface area contributed by atoms with Crippen LogP contribution >= 0.6 is 11.8 Å². The summed E-state index contributed by atoms with van der Waals surface area (Å²) in [7, 11) is 0. The van der Waals surface area contributed by atoms with Crippen LogP contribution in [0, 0.1) is 13.8 Å². The number of nitrogens with zero attached hydrogens (tertiary/aromatic N) is 2. The fraction of sp³-hybridized carbons (Fsp3) is 0.487. The molecule has 0 N–H and O–H groups in total. The molecule has 0 radical (unpaired) electrons. The molecule has 0 spiro atoms. The molecule has 432 valence electrons. The Bertz CT molecular complexity index is 3220. The predicted octanol–water partition coefficient (Wildman–Crippen LogP) is 20.8. The number of aryl methyl sites for hydroxylation is 2. The highest BCUT2D eigenvalue weighted by Crippen LogP contribution is 2.50. The summed E-state index contributed by atoms with van der Waals surface area (Å²) in [6.07, 6.45) is 19.2. The van der Waals surface area contributed by atoms with Gasteiger partial charge in [-0.2, -0.15) is 4.58 Å². The van der Waals surface area contributed by atoms with E-state index in [4.69, 9.17) is 9.47 Å². The van der Waals surface area contributed by atoms with Gasteiger partial charge in [-0.05, 0) is 171 Å². The molecule has 5 aromatic rings. The topological polar surface area (TPSA) is 24.7 Å². The van der Waals surface area contributed by atoms with Crippen LogP contribution in [0.2, 0.25) is 0 Å². The SMILES string of the molecule is CCC(C)(C)c1ccc(OCCCN2/C(=C/C=C3\CCCC(/C=C/C4=[N+](CCCOc5ccc(C(C)(C)CC)cc5C(C)(C)CC)c5ccc(C)cc5C4(C)C)=C3Sc3ccccc3)C(C)(C)c3cc(C)ccc32)c(C(C)(C)CC)c1. The number of anilines is 1. The molecule has 1 aliphatic carbocycles. The summed E-state index contributed by atoms with van der Waals surface area (Å²) in [5.74, 6) is 2.05. The Morgan fingerprint density at radius 1 is 0.580 bits per heavy atom. The van der Waals surface area contributed by atoms with Gasteiger partial charge in [0.15, 0.2) is 12.3 Å². The van der Waals surface area contributed by atoms with Crippen molar-refractivity contribution in [3.8, 4) is 11.5 Å². The van der Waals surface area contributed by atoms with Crippen molar-refractivity contribution in [3.05, 3.63) is 194 Å². The lowest BCUT2D eigenvalue weighted by molar-refractivity contribution is -0.438. The second-order valence-corrected chi connectivity index (χ2v) is 28.5. The molecule has 0 bridgehead atoms. The molecule has 0 saturated heterocycles. The highest BCUT2D eigenvalue weighted by molar-refractivity contribution is 8.03. The van der Waals surface area contributed by atoms with Crippen LogP contribution in [0.4, 0.5) is 11.4 Å². The molecular weight excluding hydrogens is 1000 g/mol. The molecule has 8 rings (SSSR count). The Balaban J connectivity index is 1.11. The molecular formula is C76H101N2O2S+. The van der Waals surface area contributed by atoms with Gasteiger partial charge in [-0.3, -0.25) is 0 Å². The number of fused-ring (bicyclic) bond motifs is 2. The van der Waals surface area contributed by atoms with Crippen LogP contribution in [0.5, 0.6) is 11.5 Å². The minimum absolute atomic E-state index is 0.0133. The van der Waals surface area contributed by atoms with E-state index >= 15 is 0 Å². The smallest absolute Gasteiger partial charge is 0.209 e. The number of ether oxygens (including phenoxy) is 2. The van der Waals surface area contributed by atoms with Crippen molar-refractivity contribution >= 4 is 28.8 Å². The number of hydrogen-bond acceptors (Lipinski definition) is 4. The molecule has 0 saturated carbocycles. The quantitative estimate of drug-likeness (QED) is 0.0481. The average Bonchev–Trinajstić information content (AvgIpc) is 4.00. The van der Waals surface area contributed by atoms with Crippen LogP contribution in [0.25, 0.3) is 0 Å². The lowest BCUT2D eigenvalue weighted by Crippen LogP contribution is -2.28. The molecule has 0 fully saturated rings. The summed E-state index contributed by atoms with van der Waals surface area (Å²) in [6, 6.07) is 39.1. The first-order chi connectivity index (χ1) is 38.3. The number of thioether (sulfide) groups is 1. The molecule has 4 nitrogen and oxygen atoms in total. The third kappa shape index (κ3) is 13.2. The van der Waals surface area contributed by atoms with Gasteiger partial charge in [0.25, 0.3) is 0 Å². The van der Waals surface area contributed by atoms with Crippen molar-refractivity contribution in [1.29, 1.82) is 0 Å². The number of allylic oxidation sites excluding steroid dienone is 7. The molecule has 5 aromatic carbocycles. The Kier molecular flexibility index (Phi) is 18.8. The van der Waals surface area contributed by atoms with E-state index in [-0.39, 0.29) is 32.5 Å². The van der Waals surface area contributed by atoms with Crippen LogP contribution in [-0.2, 0) is 32.5 Å². The maximum absolute atomic E-state index is 6.81. The molecule has 2 heterocycles. The zero-order valence-corrected chi connectivity index (χ0v) is 54.3. The molecule has 81 heavy (non-hydrogen) atoms. The average molecular weight is 1110 g/mol. The second kappa shape index (κ2) is 24.7. The third-order valence-electron chi connectivity index (χ3n) is 19.5. The van der Waals surface area contributed by atoms with Gasteiger partial charge in [0.05, 0.1) is 18.6 Å². The summed E-state index contributed by atoms with van der Waals surface area (Å²) in [5.41, 5.74) is 18.9. The van der Waals surface area contributed by atoms with Gasteiger partial charge in [0, 0.05) is 68.4 Å². The van der Waals surface area contributed by atoms with E-state index in [0.717, 1.165) is 82.4 Å². The second-order valence-electron chi connectivity index (χ2n) is 27.5. The lowest BCUT2D eigenvalue weighted by Gasteiger charge is -2.31. The van der Waals surface area contributed by atoms with Crippen LogP contribution in [0.1, 0.15) is 213 Å². The zero-order valence-electron chi connectivity index (χ0n) is 53.4. The highest BCUT2D eigenvalue weighted by atomic mass is 32.2. The molecule has 0 aromatic heterocycles. The van der Waals surface area contributed by atoms with E-state index in [9.17, 15) is 0 Å². The summed E-state index contributed by atoms with van der Waals surface area (Å²) < 4.78 is 16.2. The minimum Gasteiger partial charge on any atom is -0.493 e. The van der Waals surface area contributed by atoms with Gasteiger partial charge >= 0.3 is 0 Å². The van der Waals surface area contributed by atoms with E-state index < -0.39 is 0 Å². The normalized spacial score (nSPS) is 17.5. The van der Waals surface area contributed by atoms with Gasteiger partial charge in [-0.15, -0.1) is 0 Å². The van der Waals surface area contributed by atoms with Crippen molar-refractivity contribution in [3.63, 3.8) is 0 Å². The molecule has 0 unspecified atom stereocenters. The van der Waals surface area contributed by atoms with E-state index in [2.05, 4.69) is 262 Å². The van der Waals surface area contributed by atoms with Crippen molar-refractivity contribution in [1.82, 2.24) is 0 Å². The molecule has 0 amide bonds. The first kappa shape index (κ1) is 61.5. The maximum Gasteiger partial charge on any atom is 0.209 e.